The van der Waals surface area contributed by atoms with E-state index in [1.54, 1.807) is 37.3 Å². The maximum Gasteiger partial charge on any atom is 0.307 e. The molecule has 2 aromatic carbocycles. The topological polar surface area (TPSA) is 86.7 Å². The van der Waals surface area contributed by atoms with E-state index in [9.17, 15) is 18.8 Å². The van der Waals surface area contributed by atoms with Crippen LogP contribution in [0.1, 0.15) is 17.5 Å². The van der Waals surface area contributed by atoms with Crippen molar-refractivity contribution in [1.82, 2.24) is 0 Å². The normalized spacial score (nSPS) is 16.4. The number of nitrogens with one attached hydrogen (secondary N) is 1. The van der Waals surface area contributed by atoms with Crippen molar-refractivity contribution >= 4 is 29.2 Å². The van der Waals surface area contributed by atoms with Crippen molar-refractivity contribution in [1.29, 1.82) is 0 Å². The van der Waals surface area contributed by atoms with Gasteiger partial charge in [0, 0.05) is 24.3 Å². The standard InChI is InChI=1S/C20H19FN2O4/c1-12-8-15(6-7-16(12)21)23-11-14(9-18(23)24)20(27)22-17-5-3-2-4-13(17)10-19(25)26/h2-8,14H,9-11H2,1H3,(H,22,27)(H,25,26). The van der Waals surface area contributed by atoms with Gasteiger partial charge < -0.3 is 15.3 Å². The first-order chi connectivity index (χ1) is 12.8. The first-order valence-electron chi connectivity index (χ1n) is 8.52. The molecule has 2 amide bonds. The van der Waals surface area contributed by atoms with Gasteiger partial charge in [-0.25, -0.2) is 4.39 Å². The van der Waals surface area contributed by atoms with Gasteiger partial charge in [-0.1, -0.05) is 18.2 Å². The summed E-state index contributed by atoms with van der Waals surface area (Å²) in [5.41, 5.74) is 1.90. The Morgan fingerprint density at radius 3 is 2.70 bits per heavy atom. The van der Waals surface area contributed by atoms with Crippen molar-refractivity contribution in [3.05, 3.63) is 59.4 Å². The molecule has 1 saturated heterocycles. The minimum Gasteiger partial charge on any atom is -0.481 e. The van der Waals surface area contributed by atoms with E-state index in [-0.39, 0.29) is 37.0 Å². The molecule has 1 aliphatic rings. The van der Waals surface area contributed by atoms with Gasteiger partial charge in [-0.2, -0.15) is 0 Å². The molecule has 1 aliphatic heterocycles. The predicted molar refractivity (Wildman–Crippen MR) is 98.0 cm³/mol. The van der Waals surface area contributed by atoms with Crippen LogP contribution in [0.5, 0.6) is 0 Å². The number of amides is 2. The van der Waals surface area contributed by atoms with Gasteiger partial charge in [-0.3, -0.25) is 14.4 Å². The Morgan fingerprint density at radius 2 is 2.00 bits per heavy atom. The Morgan fingerprint density at radius 1 is 1.26 bits per heavy atom. The summed E-state index contributed by atoms with van der Waals surface area (Å²) < 4.78 is 13.4. The summed E-state index contributed by atoms with van der Waals surface area (Å²) >= 11 is 0. The van der Waals surface area contributed by atoms with Crippen LogP contribution in [0.25, 0.3) is 0 Å². The number of anilines is 2. The fourth-order valence-electron chi connectivity index (χ4n) is 3.12. The van der Waals surface area contributed by atoms with Crippen molar-refractivity contribution < 1.29 is 23.9 Å². The number of hydrogen-bond donors (Lipinski definition) is 2. The van der Waals surface area contributed by atoms with Gasteiger partial charge in [0.25, 0.3) is 0 Å². The highest BCUT2D eigenvalue weighted by atomic mass is 19.1. The minimum absolute atomic E-state index is 0.0450. The maximum atomic E-state index is 13.4. The average molecular weight is 370 g/mol. The lowest BCUT2D eigenvalue weighted by Gasteiger charge is -2.18. The number of carboxylic acids is 1. The highest BCUT2D eigenvalue weighted by molar-refractivity contribution is 6.03. The molecule has 0 aromatic heterocycles. The molecule has 0 radical (unpaired) electrons. The molecular weight excluding hydrogens is 351 g/mol. The Balaban J connectivity index is 1.73. The third kappa shape index (κ3) is 4.13. The van der Waals surface area contributed by atoms with E-state index >= 15 is 0 Å². The van der Waals surface area contributed by atoms with Gasteiger partial charge in [0.15, 0.2) is 0 Å². The molecule has 2 aromatic rings. The smallest absolute Gasteiger partial charge is 0.307 e. The monoisotopic (exact) mass is 370 g/mol. The van der Waals surface area contributed by atoms with Gasteiger partial charge in [0.05, 0.1) is 12.3 Å². The van der Waals surface area contributed by atoms with Gasteiger partial charge in [-0.05, 0) is 42.3 Å². The van der Waals surface area contributed by atoms with Crippen molar-refractivity contribution in [3.8, 4) is 0 Å². The number of carbonyl (C=O) groups is 3. The summed E-state index contributed by atoms with van der Waals surface area (Å²) in [6.45, 7) is 1.81. The van der Waals surface area contributed by atoms with Crippen LogP contribution in [0.4, 0.5) is 15.8 Å². The summed E-state index contributed by atoms with van der Waals surface area (Å²) in [5, 5.41) is 11.7. The molecule has 0 saturated carbocycles. The quantitative estimate of drug-likeness (QED) is 0.847. The molecule has 1 unspecified atom stereocenters. The van der Waals surface area contributed by atoms with Crippen molar-refractivity contribution in [2.45, 2.75) is 19.8 Å². The van der Waals surface area contributed by atoms with Crippen LogP contribution >= 0.6 is 0 Å². The maximum absolute atomic E-state index is 13.4. The van der Waals surface area contributed by atoms with Gasteiger partial charge >= 0.3 is 5.97 Å². The molecule has 2 N–H and O–H groups in total. The number of rotatable bonds is 5. The number of para-hydroxylation sites is 1. The predicted octanol–water partition coefficient (Wildman–Crippen LogP) is 2.75. The van der Waals surface area contributed by atoms with Gasteiger partial charge in [0.2, 0.25) is 11.8 Å². The Hall–Kier alpha value is -3.22. The second-order valence-electron chi connectivity index (χ2n) is 6.56. The SMILES string of the molecule is Cc1cc(N2CC(C(=O)Nc3ccccc3CC(=O)O)CC2=O)ccc1F. The van der Waals surface area contributed by atoms with E-state index in [4.69, 9.17) is 5.11 Å². The Bertz CT molecular complexity index is 913. The minimum atomic E-state index is -0.995. The van der Waals surface area contributed by atoms with Crippen LogP contribution in [-0.4, -0.2) is 29.4 Å². The lowest BCUT2D eigenvalue weighted by Crippen LogP contribution is -2.28. The Labute approximate surface area is 155 Å². The number of benzene rings is 2. The second-order valence-corrected chi connectivity index (χ2v) is 6.56. The summed E-state index contributed by atoms with van der Waals surface area (Å²) in [5.74, 6) is -2.47. The molecule has 1 heterocycles. The van der Waals surface area contributed by atoms with Crippen molar-refractivity contribution in [2.75, 3.05) is 16.8 Å². The van der Waals surface area contributed by atoms with Gasteiger partial charge in [0.1, 0.15) is 5.82 Å². The molecule has 0 spiro atoms. The summed E-state index contributed by atoms with van der Waals surface area (Å²) in [6, 6.07) is 11.1. The number of carboxylic acid groups (broad SMARTS) is 1. The summed E-state index contributed by atoms with van der Waals surface area (Å²) in [6.07, 6.45) is -0.162. The fourth-order valence-corrected chi connectivity index (χ4v) is 3.12. The molecular formula is C20H19FN2O4. The second kappa shape index (κ2) is 7.57. The van der Waals surface area contributed by atoms with Gasteiger partial charge in [-0.15, -0.1) is 0 Å². The molecule has 3 rings (SSSR count). The van der Waals surface area contributed by atoms with E-state index in [1.807, 2.05) is 0 Å². The number of aliphatic carboxylic acids is 1. The Kier molecular flexibility index (Phi) is 5.21. The van der Waals surface area contributed by atoms with E-state index in [1.165, 1.54) is 17.0 Å². The number of halogens is 1. The molecule has 6 nitrogen and oxygen atoms in total. The highest BCUT2D eigenvalue weighted by Crippen LogP contribution is 2.28. The molecule has 7 heteroatoms. The zero-order valence-electron chi connectivity index (χ0n) is 14.7. The number of aryl methyl sites for hydroxylation is 1. The number of nitrogens with zero attached hydrogens (tertiary/aromatic N) is 1. The molecule has 0 bridgehead atoms. The third-order valence-corrected chi connectivity index (χ3v) is 4.57. The van der Waals surface area contributed by atoms with Crippen LogP contribution < -0.4 is 10.2 Å². The van der Waals surface area contributed by atoms with Crippen LogP contribution in [0.2, 0.25) is 0 Å². The van der Waals surface area contributed by atoms with Crippen LogP contribution in [0.3, 0.4) is 0 Å². The molecule has 27 heavy (non-hydrogen) atoms. The first-order valence-corrected chi connectivity index (χ1v) is 8.52. The first kappa shape index (κ1) is 18.6. The lowest BCUT2D eigenvalue weighted by atomic mass is 10.1. The van der Waals surface area contributed by atoms with E-state index in [2.05, 4.69) is 5.32 Å². The van der Waals surface area contributed by atoms with Crippen LogP contribution in [0.15, 0.2) is 42.5 Å². The van der Waals surface area contributed by atoms with Crippen LogP contribution in [0, 0.1) is 18.7 Å². The van der Waals surface area contributed by atoms with Crippen LogP contribution in [-0.2, 0) is 20.8 Å². The molecule has 0 aliphatic carbocycles. The molecule has 1 atom stereocenters. The average Bonchev–Trinajstić information content (AvgIpc) is 3.00. The van der Waals surface area contributed by atoms with E-state index in [0.717, 1.165) is 0 Å². The fraction of sp³-hybridized carbons (Fsp3) is 0.250. The van der Waals surface area contributed by atoms with Crippen molar-refractivity contribution in [3.63, 3.8) is 0 Å². The van der Waals surface area contributed by atoms with E-state index < -0.39 is 11.9 Å². The number of hydrogen-bond acceptors (Lipinski definition) is 3. The zero-order valence-corrected chi connectivity index (χ0v) is 14.7. The van der Waals surface area contributed by atoms with E-state index in [0.29, 0.717) is 22.5 Å². The van der Waals surface area contributed by atoms with Crippen molar-refractivity contribution in [2.24, 2.45) is 5.92 Å². The molecule has 140 valence electrons. The summed E-state index contributed by atoms with van der Waals surface area (Å²) in [7, 11) is 0. The highest BCUT2D eigenvalue weighted by Gasteiger charge is 2.35. The summed E-state index contributed by atoms with van der Waals surface area (Å²) in [4.78, 5) is 37.4. The molecule has 1 fully saturated rings. The number of carbonyl (C=O) groups excluding carboxylic acids is 2. The lowest BCUT2D eigenvalue weighted by molar-refractivity contribution is -0.136. The zero-order chi connectivity index (χ0) is 19.6. The largest absolute Gasteiger partial charge is 0.481 e. The third-order valence-electron chi connectivity index (χ3n) is 4.57.